The van der Waals surface area contributed by atoms with Crippen LogP contribution in [0.15, 0.2) is 0 Å². The molecule has 7 heteroatoms. The van der Waals surface area contributed by atoms with Crippen molar-refractivity contribution in [3.63, 3.8) is 0 Å². The van der Waals surface area contributed by atoms with Gasteiger partial charge in [-0.05, 0) is 19.8 Å². The van der Waals surface area contributed by atoms with E-state index in [1.54, 1.807) is 0 Å². The summed E-state index contributed by atoms with van der Waals surface area (Å²) in [5, 5.41) is 26.7. The van der Waals surface area contributed by atoms with Gasteiger partial charge in [-0.2, -0.15) is 0 Å². The second-order valence-electron chi connectivity index (χ2n) is 14.7. The lowest BCUT2D eigenvalue weighted by Crippen LogP contribution is -2.37. The molecule has 0 unspecified atom stereocenters. The molecule has 0 saturated heterocycles. The predicted molar refractivity (Wildman–Crippen MR) is 205 cm³/mol. The first kappa shape index (κ1) is 49.6. The SMILES string of the molecule is CCCCCCCCCCCCCCCCCC(=O)C(=O)O.CCCCCCCCCCCCCCCCCCOC(=O)C(C)(CO)CO. The minimum Gasteiger partial charge on any atom is -0.476 e. The van der Waals surface area contributed by atoms with E-state index in [9.17, 15) is 14.4 Å². The standard InChI is InChI=1S/C23H46O4.C19H36O3/c1-3-4-5-6-7-8-9-10-11-12-13-14-15-16-17-18-19-27-22(26)23(2,20-24)21-25;1-2-3-4-5-6-7-8-9-10-11-12-13-14-15-16-17-18(20)19(21)22/h24-25H,3-21H2,1-2H3;2-17H2,1H3,(H,21,22). The Hall–Kier alpha value is -1.47. The Kier molecular flexibility index (Phi) is 39.8. The highest BCUT2D eigenvalue weighted by Crippen LogP contribution is 2.18. The van der Waals surface area contributed by atoms with Gasteiger partial charge >= 0.3 is 11.9 Å². The summed E-state index contributed by atoms with van der Waals surface area (Å²) < 4.78 is 5.15. The van der Waals surface area contributed by atoms with Crippen LogP contribution in [-0.4, -0.2) is 52.9 Å². The van der Waals surface area contributed by atoms with Gasteiger partial charge in [0.05, 0.1) is 19.8 Å². The van der Waals surface area contributed by atoms with E-state index in [1.807, 2.05) is 0 Å². The maximum Gasteiger partial charge on any atom is 0.372 e. The number of unbranched alkanes of at least 4 members (excludes halogenated alkanes) is 29. The van der Waals surface area contributed by atoms with Crippen molar-refractivity contribution in [2.45, 2.75) is 226 Å². The first-order valence-corrected chi connectivity index (χ1v) is 20.9. The zero-order valence-corrected chi connectivity index (χ0v) is 32.7. The third-order valence-corrected chi connectivity index (χ3v) is 9.67. The first-order chi connectivity index (χ1) is 23.8. The molecule has 0 aliphatic carbocycles. The highest BCUT2D eigenvalue weighted by atomic mass is 16.5. The maximum atomic E-state index is 11.7. The Balaban J connectivity index is 0. The largest absolute Gasteiger partial charge is 0.476 e. The summed E-state index contributed by atoms with van der Waals surface area (Å²) >= 11 is 0. The quantitative estimate of drug-likeness (QED) is 0.0335. The molecule has 0 aromatic carbocycles. The predicted octanol–water partition coefficient (Wildman–Crippen LogP) is 11.7. The van der Waals surface area contributed by atoms with Crippen molar-refractivity contribution in [1.29, 1.82) is 0 Å². The first-order valence-electron chi connectivity index (χ1n) is 20.9. The van der Waals surface area contributed by atoms with E-state index in [0.717, 1.165) is 32.1 Å². The van der Waals surface area contributed by atoms with Gasteiger partial charge in [-0.15, -0.1) is 0 Å². The zero-order valence-electron chi connectivity index (χ0n) is 32.7. The van der Waals surface area contributed by atoms with Crippen LogP contribution in [0.3, 0.4) is 0 Å². The molecule has 292 valence electrons. The van der Waals surface area contributed by atoms with Crippen LogP contribution in [0.5, 0.6) is 0 Å². The molecular formula is C42H82O7. The topological polar surface area (TPSA) is 121 Å². The summed E-state index contributed by atoms with van der Waals surface area (Å²) in [5.41, 5.74) is -1.17. The number of ether oxygens (including phenoxy) is 1. The molecule has 0 rings (SSSR count). The summed E-state index contributed by atoms with van der Waals surface area (Å²) in [6.07, 6.45) is 40.4. The van der Waals surface area contributed by atoms with Gasteiger partial charge in [-0.25, -0.2) is 4.79 Å². The molecule has 0 aromatic heterocycles. The number of carbonyl (C=O) groups excluding carboxylic acids is 2. The summed E-state index contributed by atoms with van der Waals surface area (Å²) in [4.78, 5) is 33.0. The molecule has 0 spiro atoms. The molecule has 0 aliphatic rings. The summed E-state index contributed by atoms with van der Waals surface area (Å²) in [7, 11) is 0. The third kappa shape index (κ3) is 36.1. The van der Waals surface area contributed by atoms with E-state index in [2.05, 4.69) is 13.8 Å². The molecule has 3 N–H and O–H groups in total. The number of aliphatic hydroxyl groups excluding tert-OH is 2. The van der Waals surface area contributed by atoms with E-state index in [1.165, 1.54) is 174 Å². The number of esters is 1. The number of Topliss-reactive ketones (excluding diaryl/α,β-unsaturated/α-hetero) is 1. The fourth-order valence-electron chi connectivity index (χ4n) is 5.93. The van der Waals surface area contributed by atoms with Crippen molar-refractivity contribution in [2.75, 3.05) is 19.8 Å². The lowest BCUT2D eigenvalue weighted by atomic mass is 9.93. The highest BCUT2D eigenvalue weighted by molar-refractivity contribution is 6.32. The van der Waals surface area contributed by atoms with Crippen LogP contribution in [0.4, 0.5) is 0 Å². The maximum absolute atomic E-state index is 11.7. The molecule has 0 bridgehead atoms. The fraction of sp³-hybridized carbons (Fsp3) is 0.929. The van der Waals surface area contributed by atoms with Gasteiger partial charge in [0.25, 0.3) is 0 Å². The second-order valence-corrected chi connectivity index (χ2v) is 14.7. The van der Waals surface area contributed by atoms with Gasteiger partial charge < -0.3 is 20.1 Å². The Morgan fingerprint density at radius 2 is 0.714 bits per heavy atom. The van der Waals surface area contributed by atoms with E-state index >= 15 is 0 Å². The number of aliphatic hydroxyl groups is 2. The molecule has 0 aliphatic heterocycles. The molecular weight excluding hydrogens is 616 g/mol. The van der Waals surface area contributed by atoms with E-state index in [0.29, 0.717) is 6.61 Å². The molecule has 7 nitrogen and oxygen atoms in total. The summed E-state index contributed by atoms with van der Waals surface area (Å²) in [6.45, 7) is 5.65. The molecule has 0 fully saturated rings. The number of aliphatic carboxylic acids is 1. The van der Waals surface area contributed by atoms with Crippen molar-refractivity contribution in [3.05, 3.63) is 0 Å². The third-order valence-electron chi connectivity index (χ3n) is 9.67. The molecule has 0 saturated carbocycles. The number of carboxylic acids is 1. The number of carbonyl (C=O) groups is 3. The highest BCUT2D eigenvalue weighted by Gasteiger charge is 2.33. The van der Waals surface area contributed by atoms with E-state index in [-0.39, 0.29) is 19.6 Å². The lowest BCUT2D eigenvalue weighted by Gasteiger charge is -2.22. The zero-order chi connectivity index (χ0) is 36.7. The Morgan fingerprint density at radius 3 is 0.980 bits per heavy atom. The van der Waals surface area contributed by atoms with Crippen LogP contribution in [-0.2, 0) is 19.1 Å². The second kappa shape index (κ2) is 39.3. The molecule has 0 atom stereocenters. The van der Waals surface area contributed by atoms with Crippen LogP contribution in [0, 0.1) is 5.41 Å². The van der Waals surface area contributed by atoms with Gasteiger partial charge in [0, 0.05) is 6.42 Å². The number of hydrogen-bond donors (Lipinski definition) is 3. The van der Waals surface area contributed by atoms with Crippen molar-refractivity contribution < 1.29 is 34.4 Å². The van der Waals surface area contributed by atoms with Crippen LogP contribution in [0.2, 0.25) is 0 Å². The van der Waals surface area contributed by atoms with Gasteiger partial charge in [-0.1, -0.05) is 200 Å². The Morgan fingerprint density at radius 1 is 0.449 bits per heavy atom. The molecule has 0 aromatic rings. The Labute approximate surface area is 303 Å². The number of hydrogen-bond acceptors (Lipinski definition) is 6. The minimum atomic E-state index is -1.29. The van der Waals surface area contributed by atoms with Crippen molar-refractivity contribution in [3.8, 4) is 0 Å². The van der Waals surface area contributed by atoms with Crippen LogP contribution in [0.25, 0.3) is 0 Å². The van der Waals surface area contributed by atoms with Gasteiger partial charge in [0.2, 0.25) is 5.78 Å². The molecule has 0 amide bonds. The monoisotopic (exact) mass is 699 g/mol. The van der Waals surface area contributed by atoms with Crippen molar-refractivity contribution in [1.82, 2.24) is 0 Å². The molecule has 49 heavy (non-hydrogen) atoms. The van der Waals surface area contributed by atoms with Gasteiger partial charge in [-0.3, -0.25) is 9.59 Å². The summed E-state index contributed by atoms with van der Waals surface area (Å²) in [6, 6.07) is 0. The average molecular weight is 699 g/mol. The molecule has 0 radical (unpaired) electrons. The van der Waals surface area contributed by atoms with Crippen molar-refractivity contribution >= 4 is 17.7 Å². The Bertz CT molecular complexity index is 720. The van der Waals surface area contributed by atoms with Gasteiger partial charge in [0.15, 0.2) is 0 Å². The number of carboxylic acid groups (broad SMARTS) is 1. The summed E-state index contributed by atoms with van der Waals surface area (Å²) in [5.74, 6) is -2.44. The molecule has 0 heterocycles. The van der Waals surface area contributed by atoms with Crippen molar-refractivity contribution in [2.24, 2.45) is 5.41 Å². The smallest absolute Gasteiger partial charge is 0.372 e. The lowest BCUT2D eigenvalue weighted by molar-refractivity contribution is -0.160. The fourth-order valence-corrected chi connectivity index (χ4v) is 5.93. The van der Waals surface area contributed by atoms with Gasteiger partial charge in [0.1, 0.15) is 5.41 Å². The minimum absolute atomic E-state index is 0.202. The van der Waals surface area contributed by atoms with E-state index in [4.69, 9.17) is 20.1 Å². The number of rotatable bonds is 37. The normalized spacial score (nSPS) is 11.3. The van der Waals surface area contributed by atoms with Crippen LogP contribution < -0.4 is 0 Å². The average Bonchev–Trinajstić information content (AvgIpc) is 3.10. The van der Waals surface area contributed by atoms with E-state index < -0.39 is 23.1 Å². The van der Waals surface area contributed by atoms with Crippen LogP contribution >= 0.6 is 0 Å². The number of ketones is 1. The van der Waals surface area contributed by atoms with Crippen LogP contribution in [0.1, 0.15) is 226 Å².